The van der Waals surface area contributed by atoms with Gasteiger partial charge in [-0.3, -0.25) is 4.90 Å². The van der Waals surface area contributed by atoms with Crippen molar-refractivity contribution in [3.05, 3.63) is 47.7 Å². The normalized spacial score (nSPS) is 28.8. The molecule has 1 N–H and O–H groups in total. The molecule has 3 aliphatic rings. The highest BCUT2D eigenvalue weighted by atomic mass is 15.2. The number of nitrogens with zero attached hydrogens (tertiary/aromatic N) is 2. The molecule has 126 valence electrons. The van der Waals surface area contributed by atoms with E-state index in [4.69, 9.17) is 4.98 Å². The van der Waals surface area contributed by atoms with Crippen molar-refractivity contribution in [2.24, 2.45) is 5.92 Å². The molecule has 2 aromatic rings. The molecule has 5 rings (SSSR count). The van der Waals surface area contributed by atoms with E-state index in [1.54, 1.807) is 0 Å². The molecule has 0 radical (unpaired) electrons. The maximum absolute atomic E-state index is 4.70. The van der Waals surface area contributed by atoms with E-state index < -0.39 is 0 Å². The maximum Gasteiger partial charge on any atom is 0.126 e. The van der Waals surface area contributed by atoms with Gasteiger partial charge in [-0.1, -0.05) is 29.3 Å². The number of anilines is 1. The molecule has 2 bridgehead atoms. The van der Waals surface area contributed by atoms with Crippen LogP contribution in [0, 0.1) is 19.8 Å². The van der Waals surface area contributed by atoms with Gasteiger partial charge in [0.25, 0.3) is 0 Å². The zero-order valence-corrected chi connectivity index (χ0v) is 14.9. The second-order valence-corrected chi connectivity index (χ2v) is 7.59. The molecule has 3 nitrogen and oxygen atoms in total. The van der Waals surface area contributed by atoms with E-state index in [1.165, 1.54) is 48.2 Å². The monoisotopic (exact) mass is 321 g/mol. The van der Waals surface area contributed by atoms with Crippen LogP contribution in [0.2, 0.25) is 0 Å². The Balaban J connectivity index is 1.52. The number of piperidine rings is 3. The van der Waals surface area contributed by atoms with Crippen molar-refractivity contribution in [3.63, 3.8) is 0 Å². The summed E-state index contributed by atoms with van der Waals surface area (Å²) >= 11 is 0. The van der Waals surface area contributed by atoms with E-state index in [1.807, 2.05) is 6.20 Å². The number of hydrogen-bond donors (Lipinski definition) is 1. The van der Waals surface area contributed by atoms with Crippen LogP contribution in [0.15, 0.2) is 36.5 Å². The molecule has 0 unspecified atom stereocenters. The SMILES string of the molecule is Cc1cc(C)cc(-c2ccc(N[C@@H]3C4CCN(CC4)[C@@H]3C)nc2)c1. The van der Waals surface area contributed by atoms with Crippen LogP contribution >= 0.6 is 0 Å². The van der Waals surface area contributed by atoms with E-state index in [2.05, 4.69) is 61.3 Å². The lowest BCUT2D eigenvalue weighted by atomic mass is 9.79. The molecule has 1 aromatic carbocycles. The highest BCUT2D eigenvalue weighted by molar-refractivity contribution is 5.65. The predicted octanol–water partition coefficient (Wildman–Crippen LogP) is 4.26. The summed E-state index contributed by atoms with van der Waals surface area (Å²) in [6, 6.07) is 12.1. The summed E-state index contributed by atoms with van der Waals surface area (Å²) in [5, 5.41) is 3.71. The Bertz CT molecular complexity index is 692. The molecular formula is C21H27N3. The number of benzene rings is 1. The first kappa shape index (κ1) is 15.6. The van der Waals surface area contributed by atoms with Crippen LogP contribution in [0.3, 0.4) is 0 Å². The Morgan fingerprint density at radius 2 is 1.71 bits per heavy atom. The first-order valence-electron chi connectivity index (χ1n) is 9.15. The number of nitrogens with one attached hydrogen (secondary N) is 1. The molecular weight excluding hydrogens is 294 g/mol. The van der Waals surface area contributed by atoms with Crippen molar-refractivity contribution in [1.29, 1.82) is 0 Å². The van der Waals surface area contributed by atoms with Gasteiger partial charge in [-0.25, -0.2) is 4.98 Å². The van der Waals surface area contributed by atoms with Gasteiger partial charge in [0.2, 0.25) is 0 Å². The summed E-state index contributed by atoms with van der Waals surface area (Å²) in [7, 11) is 0. The van der Waals surface area contributed by atoms with Crippen molar-refractivity contribution < 1.29 is 0 Å². The first-order chi connectivity index (χ1) is 11.6. The fourth-order valence-electron chi connectivity index (χ4n) is 4.51. The molecule has 3 fully saturated rings. The van der Waals surface area contributed by atoms with Crippen LogP contribution in [0.5, 0.6) is 0 Å². The highest BCUT2D eigenvalue weighted by Gasteiger charge is 2.39. The summed E-state index contributed by atoms with van der Waals surface area (Å²) in [4.78, 5) is 7.31. The molecule has 0 spiro atoms. The fourth-order valence-corrected chi connectivity index (χ4v) is 4.51. The molecule has 0 amide bonds. The van der Waals surface area contributed by atoms with E-state index in [-0.39, 0.29) is 0 Å². The minimum Gasteiger partial charge on any atom is -0.365 e. The summed E-state index contributed by atoms with van der Waals surface area (Å²) in [6.07, 6.45) is 4.65. The number of fused-ring (bicyclic) bond motifs is 3. The fraction of sp³-hybridized carbons (Fsp3) is 0.476. The number of hydrogen-bond acceptors (Lipinski definition) is 3. The van der Waals surface area contributed by atoms with Crippen molar-refractivity contribution in [1.82, 2.24) is 9.88 Å². The second-order valence-electron chi connectivity index (χ2n) is 7.59. The molecule has 1 aromatic heterocycles. The second kappa shape index (κ2) is 6.21. The van der Waals surface area contributed by atoms with Crippen molar-refractivity contribution >= 4 is 5.82 Å². The predicted molar refractivity (Wildman–Crippen MR) is 100 cm³/mol. The summed E-state index contributed by atoms with van der Waals surface area (Å²) in [5.74, 6) is 1.81. The van der Waals surface area contributed by atoms with Crippen LogP contribution < -0.4 is 5.32 Å². The summed E-state index contributed by atoms with van der Waals surface area (Å²) in [5.41, 5.74) is 5.04. The summed E-state index contributed by atoms with van der Waals surface area (Å²) in [6.45, 7) is 9.18. The Morgan fingerprint density at radius 3 is 2.29 bits per heavy atom. The van der Waals surface area contributed by atoms with Crippen molar-refractivity contribution in [2.75, 3.05) is 18.4 Å². The topological polar surface area (TPSA) is 28.2 Å². The number of pyridine rings is 1. The average molecular weight is 321 g/mol. The molecule has 24 heavy (non-hydrogen) atoms. The van der Waals surface area contributed by atoms with Gasteiger partial charge < -0.3 is 5.32 Å². The van der Waals surface area contributed by atoms with Crippen molar-refractivity contribution in [2.45, 2.75) is 45.7 Å². The van der Waals surface area contributed by atoms with Gasteiger partial charge in [0.05, 0.1) is 0 Å². The van der Waals surface area contributed by atoms with Gasteiger partial charge in [0.15, 0.2) is 0 Å². The number of aryl methyl sites for hydroxylation is 2. The van der Waals surface area contributed by atoms with Crippen LogP contribution in [-0.2, 0) is 0 Å². The third-order valence-corrected chi connectivity index (χ3v) is 5.81. The molecule has 4 heterocycles. The number of aromatic nitrogens is 1. The zero-order chi connectivity index (χ0) is 16.7. The number of rotatable bonds is 3. The molecule has 2 atom stereocenters. The van der Waals surface area contributed by atoms with Gasteiger partial charge >= 0.3 is 0 Å². The Morgan fingerprint density at radius 1 is 1.00 bits per heavy atom. The molecule has 3 heteroatoms. The van der Waals surface area contributed by atoms with Crippen molar-refractivity contribution in [3.8, 4) is 11.1 Å². The van der Waals surface area contributed by atoms with E-state index >= 15 is 0 Å². The standard InChI is InChI=1S/C21H27N3/c1-14-10-15(2)12-19(11-14)18-4-5-20(22-13-18)23-21-16(3)24-8-6-17(21)7-9-24/h4-5,10-13,16-17,21H,6-9H2,1-3H3,(H,22,23)/t16-,21+/m1/s1. The molecule has 3 aliphatic heterocycles. The van der Waals surface area contributed by atoms with Gasteiger partial charge in [0.1, 0.15) is 5.82 Å². The smallest absolute Gasteiger partial charge is 0.126 e. The Hall–Kier alpha value is -1.87. The minimum absolute atomic E-state index is 0.534. The molecule has 0 aliphatic carbocycles. The van der Waals surface area contributed by atoms with Gasteiger partial charge in [-0.2, -0.15) is 0 Å². The lowest BCUT2D eigenvalue weighted by Gasteiger charge is -2.50. The molecule has 0 saturated carbocycles. The lowest BCUT2D eigenvalue weighted by Crippen LogP contribution is -2.59. The highest BCUT2D eigenvalue weighted by Crippen LogP contribution is 2.34. The lowest BCUT2D eigenvalue weighted by molar-refractivity contribution is 0.0457. The minimum atomic E-state index is 0.534. The van der Waals surface area contributed by atoms with Crippen LogP contribution in [-0.4, -0.2) is 35.1 Å². The van der Waals surface area contributed by atoms with Crippen LogP contribution in [0.25, 0.3) is 11.1 Å². The maximum atomic E-state index is 4.70. The quantitative estimate of drug-likeness (QED) is 0.915. The van der Waals surface area contributed by atoms with Gasteiger partial charge in [0, 0.05) is 23.8 Å². The van der Waals surface area contributed by atoms with Crippen LogP contribution in [0.4, 0.5) is 5.82 Å². The third kappa shape index (κ3) is 2.93. The van der Waals surface area contributed by atoms with Gasteiger partial charge in [-0.05, 0) is 70.3 Å². The van der Waals surface area contributed by atoms with E-state index in [0.29, 0.717) is 12.1 Å². The summed E-state index contributed by atoms with van der Waals surface area (Å²) < 4.78 is 0. The average Bonchev–Trinajstić information content (AvgIpc) is 2.58. The Labute approximate surface area is 145 Å². The Kier molecular flexibility index (Phi) is 4.05. The third-order valence-electron chi connectivity index (χ3n) is 5.81. The largest absolute Gasteiger partial charge is 0.365 e. The first-order valence-corrected chi connectivity index (χ1v) is 9.15. The van der Waals surface area contributed by atoms with Crippen LogP contribution in [0.1, 0.15) is 30.9 Å². The molecule has 3 saturated heterocycles. The zero-order valence-electron chi connectivity index (χ0n) is 14.9. The van der Waals surface area contributed by atoms with Gasteiger partial charge in [-0.15, -0.1) is 0 Å². The van der Waals surface area contributed by atoms with E-state index in [0.717, 1.165) is 11.7 Å². The van der Waals surface area contributed by atoms with E-state index in [9.17, 15) is 0 Å².